The first-order valence-corrected chi connectivity index (χ1v) is 6.64. The van der Waals surface area contributed by atoms with Crippen LogP contribution in [0.1, 0.15) is 37.2 Å². The van der Waals surface area contributed by atoms with Crippen LogP contribution < -0.4 is 5.73 Å². The molecule has 0 fully saturated rings. The van der Waals surface area contributed by atoms with E-state index < -0.39 is 12.2 Å². The first kappa shape index (κ1) is 13.6. The maximum atomic E-state index is 9.98. The predicted octanol–water partition coefficient (Wildman–Crippen LogP) is 1.91. The van der Waals surface area contributed by atoms with Crippen LogP contribution in [-0.2, 0) is 0 Å². The number of aliphatic hydroxyl groups excluding tert-OH is 2. The lowest BCUT2D eigenvalue weighted by molar-refractivity contribution is -0.0148. The first-order chi connectivity index (χ1) is 7.66. The van der Waals surface area contributed by atoms with Crippen LogP contribution in [-0.4, -0.2) is 22.9 Å². The fourth-order valence-corrected chi connectivity index (χ4v) is 2.47. The van der Waals surface area contributed by atoms with Gasteiger partial charge in [0.2, 0.25) is 0 Å². The van der Waals surface area contributed by atoms with E-state index in [1.807, 2.05) is 24.4 Å². The molecule has 0 bridgehead atoms. The average Bonchev–Trinajstić information content (AvgIpc) is 2.80. The molecule has 0 spiro atoms. The Morgan fingerprint density at radius 3 is 2.69 bits per heavy atom. The lowest BCUT2D eigenvalue weighted by Gasteiger charge is -2.23. The Morgan fingerprint density at radius 1 is 1.38 bits per heavy atom. The molecule has 1 aromatic heterocycles. The van der Waals surface area contributed by atoms with Gasteiger partial charge in [-0.2, -0.15) is 0 Å². The van der Waals surface area contributed by atoms with E-state index in [9.17, 15) is 10.2 Å². The third-order valence-corrected chi connectivity index (χ3v) is 3.80. The Kier molecular flexibility index (Phi) is 5.98. The van der Waals surface area contributed by atoms with E-state index >= 15 is 0 Å². The molecule has 2 unspecified atom stereocenters. The zero-order valence-electron chi connectivity index (χ0n) is 9.67. The summed E-state index contributed by atoms with van der Waals surface area (Å²) >= 11 is 1.48. The van der Waals surface area contributed by atoms with Crippen LogP contribution >= 0.6 is 11.3 Å². The SMILES string of the molecule is C[C@@H](CCCCN)C(O)C(O)c1cccs1. The summed E-state index contributed by atoms with van der Waals surface area (Å²) in [5.41, 5.74) is 5.42. The fourth-order valence-electron chi connectivity index (χ4n) is 1.72. The van der Waals surface area contributed by atoms with Gasteiger partial charge in [0, 0.05) is 4.88 Å². The average molecular weight is 243 g/mol. The predicted molar refractivity (Wildman–Crippen MR) is 67.4 cm³/mol. The van der Waals surface area contributed by atoms with Crippen LogP contribution in [0.25, 0.3) is 0 Å². The largest absolute Gasteiger partial charge is 0.390 e. The number of aliphatic hydroxyl groups is 2. The lowest BCUT2D eigenvalue weighted by atomic mass is 9.93. The molecule has 92 valence electrons. The van der Waals surface area contributed by atoms with Gasteiger partial charge in [0.05, 0.1) is 6.10 Å². The van der Waals surface area contributed by atoms with Crippen molar-refractivity contribution in [2.75, 3.05) is 6.54 Å². The second kappa shape index (κ2) is 7.01. The highest BCUT2D eigenvalue weighted by Gasteiger charge is 2.24. The van der Waals surface area contributed by atoms with Crippen LogP contribution in [0.5, 0.6) is 0 Å². The minimum Gasteiger partial charge on any atom is -0.390 e. The van der Waals surface area contributed by atoms with Crippen LogP contribution in [0, 0.1) is 5.92 Å². The van der Waals surface area contributed by atoms with Gasteiger partial charge < -0.3 is 15.9 Å². The first-order valence-electron chi connectivity index (χ1n) is 5.76. The van der Waals surface area contributed by atoms with E-state index in [4.69, 9.17) is 5.73 Å². The van der Waals surface area contributed by atoms with Crippen LogP contribution in [0.3, 0.4) is 0 Å². The van der Waals surface area contributed by atoms with E-state index in [0.717, 1.165) is 24.1 Å². The molecule has 0 saturated carbocycles. The molecule has 4 heteroatoms. The Morgan fingerprint density at radius 2 is 2.12 bits per heavy atom. The Bertz CT molecular complexity index is 277. The van der Waals surface area contributed by atoms with Crippen molar-refractivity contribution in [3.63, 3.8) is 0 Å². The highest BCUT2D eigenvalue weighted by Crippen LogP contribution is 2.27. The molecule has 16 heavy (non-hydrogen) atoms. The summed E-state index contributed by atoms with van der Waals surface area (Å²) in [6.45, 7) is 2.66. The minimum absolute atomic E-state index is 0.101. The molecule has 0 aliphatic carbocycles. The fraction of sp³-hybridized carbons (Fsp3) is 0.667. The molecule has 0 radical (unpaired) electrons. The molecule has 0 aromatic carbocycles. The molecule has 3 atom stereocenters. The second-order valence-corrected chi connectivity index (χ2v) is 5.19. The number of thiophene rings is 1. The zero-order valence-corrected chi connectivity index (χ0v) is 10.5. The smallest absolute Gasteiger partial charge is 0.114 e. The maximum absolute atomic E-state index is 9.98. The minimum atomic E-state index is -0.757. The van der Waals surface area contributed by atoms with Gasteiger partial charge in [-0.05, 0) is 36.8 Å². The van der Waals surface area contributed by atoms with Gasteiger partial charge in [0.25, 0.3) is 0 Å². The zero-order chi connectivity index (χ0) is 12.0. The van der Waals surface area contributed by atoms with Crippen molar-refractivity contribution in [3.05, 3.63) is 22.4 Å². The number of hydrogen-bond acceptors (Lipinski definition) is 4. The summed E-state index contributed by atoms with van der Waals surface area (Å²) in [5.74, 6) is 0.101. The standard InChI is InChI=1S/C12H21NO2S/c1-9(5-2-3-7-13)11(14)12(15)10-6-4-8-16-10/h4,6,8-9,11-12,14-15H,2-3,5,7,13H2,1H3/t9-,11?,12?/m0/s1. The summed E-state index contributed by atoms with van der Waals surface area (Å²) in [5, 5.41) is 21.8. The van der Waals surface area contributed by atoms with E-state index in [0.29, 0.717) is 6.54 Å². The molecule has 0 saturated heterocycles. The number of nitrogens with two attached hydrogens (primary N) is 1. The van der Waals surface area contributed by atoms with Crippen LogP contribution in [0.2, 0.25) is 0 Å². The topological polar surface area (TPSA) is 66.5 Å². The van der Waals surface area contributed by atoms with E-state index in [1.165, 1.54) is 11.3 Å². The Labute approximate surface area is 101 Å². The number of unbranched alkanes of at least 4 members (excludes halogenated alkanes) is 1. The van der Waals surface area contributed by atoms with Gasteiger partial charge in [-0.25, -0.2) is 0 Å². The van der Waals surface area contributed by atoms with Crippen molar-refractivity contribution in [2.45, 2.75) is 38.4 Å². The third kappa shape index (κ3) is 3.87. The molecular formula is C12H21NO2S. The van der Waals surface area contributed by atoms with Crippen molar-refractivity contribution >= 4 is 11.3 Å². The van der Waals surface area contributed by atoms with Crippen LogP contribution in [0.4, 0.5) is 0 Å². The molecule has 0 aliphatic rings. The monoisotopic (exact) mass is 243 g/mol. The van der Waals surface area contributed by atoms with Gasteiger partial charge >= 0.3 is 0 Å². The summed E-state index contributed by atoms with van der Waals surface area (Å²) in [7, 11) is 0. The number of hydrogen-bond donors (Lipinski definition) is 3. The van der Waals surface area contributed by atoms with Crippen molar-refractivity contribution < 1.29 is 10.2 Å². The Hall–Kier alpha value is -0.420. The quantitative estimate of drug-likeness (QED) is 0.641. The van der Waals surface area contributed by atoms with E-state index in [1.54, 1.807) is 0 Å². The van der Waals surface area contributed by atoms with Crippen molar-refractivity contribution in [2.24, 2.45) is 11.7 Å². The second-order valence-electron chi connectivity index (χ2n) is 4.21. The van der Waals surface area contributed by atoms with E-state index in [-0.39, 0.29) is 5.92 Å². The third-order valence-electron chi connectivity index (χ3n) is 2.85. The molecule has 0 amide bonds. The van der Waals surface area contributed by atoms with Gasteiger partial charge in [-0.1, -0.05) is 19.4 Å². The summed E-state index contributed by atoms with van der Waals surface area (Å²) < 4.78 is 0. The van der Waals surface area contributed by atoms with Gasteiger partial charge in [0.15, 0.2) is 0 Å². The molecule has 3 nitrogen and oxygen atoms in total. The van der Waals surface area contributed by atoms with Gasteiger partial charge in [-0.3, -0.25) is 0 Å². The Balaban J connectivity index is 2.40. The van der Waals surface area contributed by atoms with Crippen molar-refractivity contribution in [3.8, 4) is 0 Å². The maximum Gasteiger partial charge on any atom is 0.114 e. The van der Waals surface area contributed by atoms with Gasteiger partial charge in [-0.15, -0.1) is 11.3 Å². The molecular weight excluding hydrogens is 222 g/mol. The van der Waals surface area contributed by atoms with Gasteiger partial charge in [0.1, 0.15) is 6.10 Å². The normalized spacial score (nSPS) is 17.0. The van der Waals surface area contributed by atoms with Crippen LogP contribution in [0.15, 0.2) is 17.5 Å². The van der Waals surface area contributed by atoms with Crippen molar-refractivity contribution in [1.29, 1.82) is 0 Å². The molecule has 1 aromatic rings. The molecule has 4 N–H and O–H groups in total. The summed E-state index contributed by atoms with van der Waals surface area (Å²) in [6, 6.07) is 3.74. The lowest BCUT2D eigenvalue weighted by Crippen LogP contribution is -2.25. The highest BCUT2D eigenvalue weighted by molar-refractivity contribution is 7.10. The highest BCUT2D eigenvalue weighted by atomic mass is 32.1. The van der Waals surface area contributed by atoms with E-state index in [2.05, 4.69) is 0 Å². The summed E-state index contributed by atoms with van der Waals surface area (Å²) in [6.07, 6.45) is 1.45. The summed E-state index contributed by atoms with van der Waals surface area (Å²) in [4.78, 5) is 0.832. The molecule has 0 aliphatic heterocycles. The van der Waals surface area contributed by atoms with Crippen molar-refractivity contribution in [1.82, 2.24) is 0 Å². The number of rotatable bonds is 7. The molecule has 1 heterocycles. The molecule has 1 rings (SSSR count).